The van der Waals surface area contributed by atoms with Crippen LogP contribution in [0.25, 0.3) is 0 Å². The molecule has 25 heteroatoms. The van der Waals surface area contributed by atoms with Crippen LogP contribution in [0.1, 0.15) is 6.92 Å². The minimum Gasteiger partial charge on any atom is -0.302 e. The van der Waals surface area contributed by atoms with Crippen LogP contribution in [-0.2, 0) is 33.0 Å². The predicted molar refractivity (Wildman–Crippen MR) is 195 cm³/mol. The van der Waals surface area contributed by atoms with Gasteiger partial charge in [-0.15, -0.1) is 0 Å². The molecule has 164 valence electrons. The van der Waals surface area contributed by atoms with E-state index in [-0.39, 0.29) is 0 Å². The van der Waals surface area contributed by atoms with Crippen molar-refractivity contribution in [3.63, 3.8) is 0 Å². The summed E-state index contributed by atoms with van der Waals surface area (Å²) in [5.41, 5.74) is 0. The Morgan fingerprint density at radius 3 is 1.19 bits per heavy atom. The highest BCUT2D eigenvalue weighted by molar-refractivity contribution is 9.59. The molecule has 0 aromatic rings. The molecule has 0 N–H and O–H groups in total. The molecule has 0 aliphatic rings. The van der Waals surface area contributed by atoms with Gasteiger partial charge in [0.2, 0.25) is 0 Å². The van der Waals surface area contributed by atoms with E-state index >= 15 is 0 Å². The fourth-order valence-electron chi connectivity index (χ4n) is 0.403. The summed E-state index contributed by atoms with van der Waals surface area (Å²) >= 11 is 14.5. The van der Waals surface area contributed by atoms with E-state index in [4.69, 9.17) is 26.6 Å². The van der Waals surface area contributed by atoms with Gasteiger partial charge < -0.3 is 4.18 Å². The lowest BCUT2D eigenvalue weighted by molar-refractivity contribution is 0.402. The third-order valence-corrected chi connectivity index (χ3v) is 49.9. The molecule has 0 saturated carbocycles. The molecule has 0 fully saturated rings. The van der Waals surface area contributed by atoms with Gasteiger partial charge in [0.05, 0.1) is 13.1 Å². The minimum atomic E-state index is -1.79. The van der Waals surface area contributed by atoms with Crippen molar-refractivity contribution in [2.24, 2.45) is 0 Å². The zero-order valence-corrected chi connectivity index (χ0v) is 31.6. The van der Waals surface area contributed by atoms with E-state index in [2.05, 4.69) is 11.7 Å². The van der Waals surface area contributed by atoms with Gasteiger partial charge in [0.1, 0.15) is 0 Å². The van der Waals surface area contributed by atoms with Crippen LogP contribution in [0.15, 0.2) is 0 Å². The van der Waals surface area contributed by atoms with Crippen LogP contribution < -0.4 is 0 Å². The van der Waals surface area contributed by atoms with Gasteiger partial charge in [-0.1, -0.05) is 11.7 Å². The Morgan fingerprint density at radius 1 is 0.593 bits per heavy atom. The van der Waals surface area contributed by atoms with Gasteiger partial charge >= 0.3 is 0 Å². The Hall–Kier alpha value is 8.10. The molecule has 0 atom stereocenters. The first-order valence-electron chi connectivity index (χ1n) is 5.01. The first-order valence-corrected chi connectivity index (χ1v) is 36.1. The maximum Gasteiger partial charge on any atom is 0.0820 e. The molecule has 0 heterocycles. The second kappa shape index (κ2) is 28.7. The zero-order chi connectivity index (χ0) is 20.1. The van der Waals surface area contributed by atoms with Crippen LogP contribution in [0, 0.1) is 0 Å². The molecule has 0 unspecified atom stereocenters. The predicted octanol–water partition coefficient (Wildman–Crippen LogP) is 13.8. The van der Waals surface area contributed by atoms with Gasteiger partial charge in [-0.2, -0.15) is 0 Å². The van der Waals surface area contributed by atoms with E-state index in [1.165, 1.54) is 19.7 Å². The van der Waals surface area contributed by atoms with Crippen LogP contribution in [0.2, 0.25) is 0 Å². The average Bonchev–Trinajstić information content (AvgIpc) is 2.63. The van der Waals surface area contributed by atoms with Gasteiger partial charge in [-0.05, 0) is 108 Å². The molecule has 1 nitrogen and oxygen atoms in total. The normalized spacial score (nSPS) is 11.9. The van der Waals surface area contributed by atoms with Crippen LogP contribution in [0.3, 0.4) is 0 Å². The summed E-state index contributed by atoms with van der Waals surface area (Å²) in [7, 11) is 34.6. The smallest absolute Gasteiger partial charge is 0.0820 e. The monoisotopic (exact) mass is 813 g/mol. The summed E-state index contributed by atoms with van der Waals surface area (Å²) in [4.78, 5) is 0. The molecule has 0 aliphatic carbocycles. The van der Waals surface area contributed by atoms with Crippen molar-refractivity contribution < 1.29 is 4.18 Å². The molecule has 0 aromatic carbocycles. The van der Waals surface area contributed by atoms with Gasteiger partial charge in [0.25, 0.3) is 0 Å². The standard InChI is InChI=1S/C2H6OS24/c1-2-3-27(5,6)26-25-24-23-22-21-20-19-18-17-16-15-14-13-12-11-10-9-8-7-4/h4H,2H2,1H3. The summed E-state index contributed by atoms with van der Waals surface area (Å²) in [6.45, 7) is 0.716. The fourth-order valence-corrected chi connectivity index (χ4v) is 58.1. The largest absolute Gasteiger partial charge is 0.302 e. The maximum atomic E-state index is 5.36. The van der Waals surface area contributed by atoms with Crippen LogP contribution in [0.4, 0.5) is 0 Å². The Labute approximate surface area is 249 Å². The Balaban J connectivity index is 3.11. The first-order chi connectivity index (χ1) is 13.1. The van der Waals surface area contributed by atoms with Crippen molar-refractivity contribution in [1.29, 1.82) is 0 Å². The average molecular weight is 816 g/mol. The Kier molecular flexibility index (Phi) is 37.3. The quantitative estimate of drug-likeness (QED) is 0.0631. The highest BCUT2D eigenvalue weighted by atomic mass is 34.1. The van der Waals surface area contributed by atoms with Crippen molar-refractivity contribution >= 4 is 237 Å². The van der Waals surface area contributed by atoms with Crippen molar-refractivity contribution in [2.45, 2.75) is 6.92 Å². The highest BCUT2D eigenvalue weighted by Crippen LogP contribution is 2.65. The fraction of sp³-hybridized carbons (Fsp3) is 1.00. The topological polar surface area (TPSA) is 9.23 Å². The highest BCUT2D eigenvalue weighted by Gasteiger charge is 2.04. The molecule has 0 spiro atoms. The SMILES string of the molecule is CCOS(=S)(=S)SSSSSSSSSSSSSSSSSSSSS. The lowest BCUT2D eigenvalue weighted by atomic mass is 10.9. The van der Waals surface area contributed by atoms with E-state index in [0.29, 0.717) is 6.61 Å². The molecule has 0 aliphatic heterocycles. The first kappa shape index (κ1) is 35.1. The van der Waals surface area contributed by atoms with E-state index in [0.717, 1.165) is 0 Å². The van der Waals surface area contributed by atoms with E-state index in [9.17, 15) is 0 Å². The third kappa shape index (κ3) is 30.2. The van der Waals surface area contributed by atoms with Crippen molar-refractivity contribution in [3.8, 4) is 0 Å². The number of thiol groups is 1. The minimum absolute atomic E-state index is 0.586. The van der Waals surface area contributed by atoms with Gasteiger partial charge in [-0.25, -0.2) is 0 Å². The van der Waals surface area contributed by atoms with E-state index < -0.39 is 6.46 Å². The van der Waals surface area contributed by atoms with Crippen molar-refractivity contribution in [3.05, 3.63) is 0 Å². The second-order valence-electron chi connectivity index (χ2n) is 2.18. The van der Waals surface area contributed by atoms with Crippen molar-refractivity contribution in [1.82, 2.24) is 0 Å². The molecular formula is C2H6OS24. The zero-order valence-electron chi connectivity index (χ0n) is 12.0. The molecular weight excluding hydrogens is 810 g/mol. The number of rotatable bonds is 22. The molecule has 0 aromatic heterocycles. The Bertz CT molecular complexity index is 376. The maximum absolute atomic E-state index is 5.36. The lowest BCUT2D eigenvalue weighted by Gasteiger charge is -2.06. The molecule has 27 heavy (non-hydrogen) atoms. The number of hydrogen-bond donors (Lipinski definition) is 1. The van der Waals surface area contributed by atoms with Crippen LogP contribution in [-0.4, -0.2) is 6.61 Å². The number of hydrogen-bond acceptors (Lipinski definition) is 24. The van der Waals surface area contributed by atoms with E-state index in [1.54, 1.807) is 177 Å². The van der Waals surface area contributed by atoms with Gasteiger partial charge in [-0.3, -0.25) is 0 Å². The summed E-state index contributed by atoms with van der Waals surface area (Å²) in [6, 6.07) is 0. The van der Waals surface area contributed by atoms with Crippen LogP contribution in [0.5, 0.6) is 0 Å². The summed E-state index contributed by atoms with van der Waals surface area (Å²) in [5, 5.41) is 0. The van der Waals surface area contributed by atoms with E-state index in [1.807, 2.05) is 6.92 Å². The van der Waals surface area contributed by atoms with Gasteiger partial charge in [0, 0.05) is 118 Å². The summed E-state index contributed by atoms with van der Waals surface area (Å²) in [6.07, 6.45) is 0. The summed E-state index contributed by atoms with van der Waals surface area (Å²) in [5.74, 6) is 0. The molecule has 0 saturated heterocycles. The third-order valence-electron chi connectivity index (χ3n) is 0.876. The van der Waals surface area contributed by atoms with Gasteiger partial charge in [0.15, 0.2) is 0 Å². The summed E-state index contributed by atoms with van der Waals surface area (Å²) < 4.78 is 5.36. The molecule has 0 amide bonds. The van der Waals surface area contributed by atoms with Crippen LogP contribution >= 0.6 is 208 Å². The molecule has 0 bridgehead atoms. The second-order valence-corrected chi connectivity index (χ2v) is 44.9. The Morgan fingerprint density at radius 2 is 0.889 bits per heavy atom. The molecule has 0 radical (unpaired) electrons. The lowest BCUT2D eigenvalue weighted by Crippen LogP contribution is -1.93. The molecule has 0 rings (SSSR count). The van der Waals surface area contributed by atoms with Crippen molar-refractivity contribution in [2.75, 3.05) is 6.61 Å².